The number of hydrogen-bond donors (Lipinski definition) is 3. The first-order chi connectivity index (χ1) is 25.4. The standard InChI is InChI=1S/C40H50N4O8S/c1-27-24-44(28(2)26-45)39(46)35-23-31(42-53(48,49)33-19-17-32(50-5)18-20-33)16-21-37(35)52-29(3)11-8-9-22-51-38(27)25-43(4)40(47)41-36-15-10-13-30-12-6-7-14-34(30)36/h6-7,10,12-21,23,27-29,38,42,45H,8-9,11,22,24-26H2,1-5H3,(H,41,47)/t27-,28-,29-,38+/m1/s1. The van der Waals surface area contributed by atoms with Crippen LogP contribution in [0, 0.1) is 5.92 Å². The number of carbonyl (C=O) groups excluding carboxylic acids is 2. The van der Waals surface area contributed by atoms with Crippen LogP contribution >= 0.6 is 0 Å². The van der Waals surface area contributed by atoms with Crippen molar-refractivity contribution >= 4 is 44.1 Å². The van der Waals surface area contributed by atoms with E-state index in [0.717, 1.165) is 23.6 Å². The Morgan fingerprint density at radius 3 is 2.51 bits per heavy atom. The molecule has 0 unspecified atom stereocenters. The first kappa shape index (κ1) is 39.4. The second kappa shape index (κ2) is 17.8. The van der Waals surface area contributed by atoms with Gasteiger partial charge in [-0.25, -0.2) is 13.2 Å². The molecule has 0 aliphatic carbocycles. The fraction of sp³-hybridized carbons (Fsp3) is 0.400. The fourth-order valence-corrected chi connectivity index (χ4v) is 7.36. The van der Waals surface area contributed by atoms with E-state index >= 15 is 0 Å². The number of likely N-dealkylation sites (N-methyl/N-ethyl adjacent to an activating group) is 1. The Morgan fingerprint density at radius 1 is 1.04 bits per heavy atom. The van der Waals surface area contributed by atoms with Gasteiger partial charge in [-0.05, 0) is 87.0 Å². The van der Waals surface area contributed by atoms with E-state index in [2.05, 4.69) is 10.0 Å². The SMILES string of the molecule is COc1ccc(S(=O)(=O)Nc2ccc3c(c2)C(=O)N([C@H](C)CO)C[C@@H](C)[C@H](CN(C)C(=O)Nc2cccc4ccccc24)OCCCC[C@@H](C)O3)cc1. The van der Waals surface area contributed by atoms with Gasteiger partial charge in [-0.3, -0.25) is 9.52 Å². The molecule has 3 N–H and O–H groups in total. The monoisotopic (exact) mass is 746 g/mol. The fourth-order valence-electron chi connectivity index (χ4n) is 6.32. The highest BCUT2D eigenvalue weighted by Gasteiger charge is 2.31. The summed E-state index contributed by atoms with van der Waals surface area (Å²) >= 11 is 0. The third kappa shape index (κ3) is 9.98. The Labute approximate surface area is 312 Å². The van der Waals surface area contributed by atoms with E-state index < -0.39 is 28.1 Å². The quantitative estimate of drug-likeness (QED) is 0.174. The summed E-state index contributed by atoms with van der Waals surface area (Å²) < 4.78 is 47.1. The predicted molar refractivity (Wildman–Crippen MR) is 206 cm³/mol. The number of aliphatic hydroxyl groups excluding tert-OH is 1. The number of ether oxygens (including phenoxy) is 3. The van der Waals surface area contributed by atoms with E-state index in [1.165, 1.54) is 25.3 Å². The van der Waals surface area contributed by atoms with Gasteiger partial charge < -0.3 is 34.4 Å². The summed E-state index contributed by atoms with van der Waals surface area (Å²) in [6.45, 7) is 6.19. The molecule has 0 spiro atoms. The molecule has 0 saturated heterocycles. The third-order valence-corrected chi connectivity index (χ3v) is 10.9. The van der Waals surface area contributed by atoms with Crippen LogP contribution in [0.2, 0.25) is 0 Å². The van der Waals surface area contributed by atoms with Crippen molar-refractivity contribution < 1.29 is 37.3 Å². The molecule has 0 saturated carbocycles. The lowest BCUT2D eigenvalue weighted by Crippen LogP contribution is -2.48. The Bertz CT molecular complexity index is 1970. The summed E-state index contributed by atoms with van der Waals surface area (Å²) in [6.07, 6.45) is 1.55. The van der Waals surface area contributed by atoms with E-state index in [0.29, 0.717) is 30.2 Å². The van der Waals surface area contributed by atoms with Gasteiger partial charge in [0.25, 0.3) is 15.9 Å². The van der Waals surface area contributed by atoms with Crippen molar-refractivity contribution in [2.45, 2.75) is 63.2 Å². The zero-order valence-corrected chi connectivity index (χ0v) is 31.8. The number of carbonyl (C=O) groups is 2. The Kier molecular flexibility index (Phi) is 13.2. The number of fused-ring (bicyclic) bond motifs is 2. The molecule has 3 amide bonds. The van der Waals surface area contributed by atoms with Crippen molar-refractivity contribution in [2.75, 3.05) is 50.5 Å². The van der Waals surface area contributed by atoms with E-state index in [9.17, 15) is 23.1 Å². The van der Waals surface area contributed by atoms with Crippen LogP contribution in [0.4, 0.5) is 16.2 Å². The molecular weight excluding hydrogens is 697 g/mol. The maximum atomic E-state index is 14.5. The number of amides is 3. The van der Waals surface area contributed by atoms with E-state index in [1.54, 1.807) is 48.0 Å². The normalized spacial score (nSPS) is 19.3. The molecule has 0 radical (unpaired) electrons. The summed E-state index contributed by atoms with van der Waals surface area (Å²) in [4.78, 5) is 31.1. The molecule has 0 aromatic heterocycles. The number of aliphatic hydroxyl groups is 1. The van der Waals surface area contributed by atoms with Gasteiger partial charge in [0, 0.05) is 43.7 Å². The number of methoxy groups -OCH3 is 1. The van der Waals surface area contributed by atoms with Crippen LogP contribution in [0.25, 0.3) is 10.8 Å². The minimum atomic E-state index is -4.01. The van der Waals surface area contributed by atoms with Crippen LogP contribution in [0.1, 0.15) is 50.4 Å². The molecule has 1 aliphatic rings. The molecule has 4 aromatic rings. The van der Waals surface area contributed by atoms with Gasteiger partial charge in [0.15, 0.2) is 0 Å². The number of rotatable bonds is 9. The smallest absolute Gasteiger partial charge is 0.321 e. The van der Waals surface area contributed by atoms with E-state index in [-0.39, 0.29) is 53.9 Å². The maximum absolute atomic E-state index is 14.5. The second-order valence-corrected chi connectivity index (χ2v) is 15.3. The summed E-state index contributed by atoms with van der Waals surface area (Å²) in [5, 5.41) is 15.3. The van der Waals surface area contributed by atoms with Crippen molar-refractivity contribution in [1.82, 2.24) is 9.80 Å². The summed E-state index contributed by atoms with van der Waals surface area (Å²) in [5.74, 6) is 0.114. The molecule has 1 aliphatic heterocycles. The third-order valence-electron chi connectivity index (χ3n) is 9.51. The van der Waals surface area contributed by atoms with E-state index in [1.807, 2.05) is 56.3 Å². The lowest BCUT2D eigenvalue weighted by Gasteiger charge is -2.35. The Morgan fingerprint density at radius 2 is 1.77 bits per heavy atom. The molecule has 5 rings (SSSR count). The van der Waals surface area contributed by atoms with Crippen LogP contribution in [0.15, 0.2) is 89.8 Å². The van der Waals surface area contributed by atoms with Crippen LogP contribution in [-0.4, -0.2) is 94.0 Å². The Hall–Kier alpha value is -4.85. The van der Waals surface area contributed by atoms with Crippen LogP contribution < -0.4 is 19.5 Å². The number of benzene rings is 4. The number of anilines is 2. The maximum Gasteiger partial charge on any atom is 0.321 e. The molecule has 0 bridgehead atoms. The average Bonchev–Trinajstić information content (AvgIpc) is 3.15. The zero-order chi connectivity index (χ0) is 38.1. The topological polar surface area (TPSA) is 147 Å². The van der Waals surface area contributed by atoms with Crippen LogP contribution in [0.3, 0.4) is 0 Å². The summed E-state index contributed by atoms with van der Waals surface area (Å²) in [6, 6.07) is 23.3. The van der Waals surface area contributed by atoms with Crippen LogP contribution in [-0.2, 0) is 14.8 Å². The van der Waals surface area contributed by atoms with Gasteiger partial charge in [0.05, 0.1) is 48.1 Å². The van der Waals surface area contributed by atoms with E-state index in [4.69, 9.17) is 14.2 Å². The molecule has 53 heavy (non-hydrogen) atoms. The van der Waals surface area contributed by atoms with Crippen molar-refractivity contribution in [3.05, 3.63) is 90.5 Å². The minimum absolute atomic E-state index is 0.0285. The number of sulfonamides is 1. The van der Waals surface area contributed by atoms with Gasteiger partial charge in [0.1, 0.15) is 11.5 Å². The molecule has 284 valence electrons. The number of urea groups is 1. The van der Waals surface area contributed by atoms with Gasteiger partial charge in [-0.15, -0.1) is 0 Å². The molecule has 13 heteroatoms. The molecule has 4 aromatic carbocycles. The molecular formula is C40H50N4O8S. The second-order valence-electron chi connectivity index (χ2n) is 13.6. The molecule has 1 heterocycles. The van der Waals surface area contributed by atoms with Crippen molar-refractivity contribution in [1.29, 1.82) is 0 Å². The average molecular weight is 747 g/mol. The lowest BCUT2D eigenvalue weighted by atomic mass is 10.0. The molecule has 0 fully saturated rings. The number of hydrogen-bond acceptors (Lipinski definition) is 8. The predicted octanol–water partition coefficient (Wildman–Crippen LogP) is 6.61. The number of nitrogens with zero attached hydrogens (tertiary/aromatic N) is 2. The minimum Gasteiger partial charge on any atom is -0.497 e. The Balaban J connectivity index is 1.40. The summed E-state index contributed by atoms with van der Waals surface area (Å²) in [7, 11) is -0.797. The van der Waals surface area contributed by atoms with Gasteiger partial charge >= 0.3 is 6.03 Å². The molecule has 12 nitrogen and oxygen atoms in total. The highest BCUT2D eigenvalue weighted by atomic mass is 32.2. The number of nitrogens with one attached hydrogen (secondary N) is 2. The molecule has 4 atom stereocenters. The van der Waals surface area contributed by atoms with Gasteiger partial charge in [0.2, 0.25) is 0 Å². The van der Waals surface area contributed by atoms with Crippen LogP contribution in [0.5, 0.6) is 11.5 Å². The summed E-state index contributed by atoms with van der Waals surface area (Å²) in [5.41, 5.74) is 1.03. The highest BCUT2D eigenvalue weighted by molar-refractivity contribution is 7.92. The highest BCUT2D eigenvalue weighted by Crippen LogP contribution is 2.30. The van der Waals surface area contributed by atoms with Gasteiger partial charge in [-0.2, -0.15) is 0 Å². The zero-order valence-electron chi connectivity index (χ0n) is 30.9. The van der Waals surface area contributed by atoms with Gasteiger partial charge in [-0.1, -0.05) is 43.3 Å². The first-order valence-corrected chi connectivity index (χ1v) is 19.4. The van der Waals surface area contributed by atoms with Crippen molar-refractivity contribution in [3.8, 4) is 11.5 Å². The lowest BCUT2D eigenvalue weighted by molar-refractivity contribution is -0.0115. The van der Waals surface area contributed by atoms with Crippen molar-refractivity contribution in [3.63, 3.8) is 0 Å². The largest absolute Gasteiger partial charge is 0.497 e. The van der Waals surface area contributed by atoms with Crippen molar-refractivity contribution in [2.24, 2.45) is 5.92 Å². The first-order valence-electron chi connectivity index (χ1n) is 17.9.